The molecule has 2 amide bonds. The predicted octanol–water partition coefficient (Wildman–Crippen LogP) is 1.56. The first-order chi connectivity index (χ1) is 13.0. The number of fused-ring (bicyclic) bond motifs is 1. The topological polar surface area (TPSA) is 101 Å². The number of hydrogen-bond donors (Lipinski definition) is 2. The molecule has 0 unspecified atom stereocenters. The number of carbonyl (C=O) groups excluding carboxylic acids is 2. The molecule has 138 valence electrons. The summed E-state index contributed by atoms with van der Waals surface area (Å²) in [7, 11) is 0. The van der Waals surface area contributed by atoms with Crippen molar-refractivity contribution in [2.45, 2.75) is 39.3 Å². The van der Waals surface area contributed by atoms with E-state index in [0.29, 0.717) is 23.9 Å². The van der Waals surface area contributed by atoms with E-state index < -0.39 is 0 Å². The van der Waals surface area contributed by atoms with Crippen molar-refractivity contribution < 1.29 is 9.59 Å². The summed E-state index contributed by atoms with van der Waals surface area (Å²) in [6, 6.07) is 9.39. The highest BCUT2D eigenvalue weighted by atomic mass is 16.2. The van der Waals surface area contributed by atoms with Crippen molar-refractivity contribution in [1.29, 1.82) is 0 Å². The van der Waals surface area contributed by atoms with Crippen molar-refractivity contribution in [1.82, 2.24) is 30.2 Å². The molecule has 0 saturated heterocycles. The number of benzene rings is 1. The molecular weight excluding hydrogens is 344 g/mol. The van der Waals surface area contributed by atoms with Crippen LogP contribution in [0.4, 0.5) is 0 Å². The van der Waals surface area contributed by atoms with Crippen LogP contribution >= 0.6 is 0 Å². The molecule has 1 fully saturated rings. The van der Waals surface area contributed by atoms with Gasteiger partial charge in [-0.15, -0.1) is 5.10 Å². The molecule has 2 aromatic heterocycles. The van der Waals surface area contributed by atoms with Crippen LogP contribution in [-0.4, -0.2) is 37.4 Å². The van der Waals surface area contributed by atoms with Gasteiger partial charge in [-0.1, -0.05) is 12.1 Å². The summed E-state index contributed by atoms with van der Waals surface area (Å²) >= 11 is 0. The van der Waals surface area contributed by atoms with E-state index in [9.17, 15) is 9.59 Å². The fourth-order valence-electron chi connectivity index (χ4n) is 2.79. The molecule has 1 aliphatic rings. The molecule has 8 nitrogen and oxygen atoms in total. The smallest absolute Gasteiger partial charge is 0.291 e. The number of aromatic nitrogens is 4. The third-order valence-electron chi connectivity index (χ3n) is 4.40. The van der Waals surface area contributed by atoms with Crippen LogP contribution in [0.15, 0.2) is 30.3 Å². The fraction of sp³-hybridized carbons (Fsp3) is 0.316. The maximum atomic E-state index is 12.3. The minimum absolute atomic E-state index is 0.0554. The highest BCUT2D eigenvalue weighted by Gasteiger charge is 2.23. The third kappa shape index (κ3) is 3.79. The van der Waals surface area contributed by atoms with Crippen molar-refractivity contribution in [2.24, 2.45) is 0 Å². The standard InChI is InChI=1S/C19H20N6O2/c1-11-9-12(2)25-19(21-11)23-16(24-25)18(27)20-10-13-3-5-14(6-4-13)17(26)22-15-7-8-15/h3-6,9,15H,7-8,10H2,1-2H3,(H,20,27)(H,22,26). The second kappa shape index (κ2) is 6.79. The Morgan fingerprint density at radius 2 is 1.85 bits per heavy atom. The Morgan fingerprint density at radius 1 is 1.11 bits per heavy atom. The second-order valence-corrected chi connectivity index (χ2v) is 6.81. The molecule has 0 aliphatic heterocycles. The zero-order valence-electron chi connectivity index (χ0n) is 15.2. The Morgan fingerprint density at radius 3 is 2.56 bits per heavy atom. The molecule has 27 heavy (non-hydrogen) atoms. The summed E-state index contributed by atoms with van der Waals surface area (Å²) < 4.78 is 1.55. The van der Waals surface area contributed by atoms with Crippen LogP contribution in [0.3, 0.4) is 0 Å². The van der Waals surface area contributed by atoms with Gasteiger partial charge in [0, 0.05) is 29.5 Å². The number of nitrogens with zero attached hydrogens (tertiary/aromatic N) is 4. The van der Waals surface area contributed by atoms with Crippen molar-refractivity contribution in [3.63, 3.8) is 0 Å². The zero-order chi connectivity index (χ0) is 19.0. The lowest BCUT2D eigenvalue weighted by molar-refractivity contribution is 0.0935. The Hall–Kier alpha value is -3.29. The first-order valence-electron chi connectivity index (χ1n) is 8.88. The summed E-state index contributed by atoms with van der Waals surface area (Å²) in [4.78, 5) is 32.8. The van der Waals surface area contributed by atoms with Crippen molar-refractivity contribution in [2.75, 3.05) is 0 Å². The lowest BCUT2D eigenvalue weighted by Gasteiger charge is -2.06. The molecule has 1 aliphatic carbocycles. The lowest BCUT2D eigenvalue weighted by atomic mass is 10.1. The van der Waals surface area contributed by atoms with Gasteiger partial charge in [-0.3, -0.25) is 9.59 Å². The van der Waals surface area contributed by atoms with E-state index in [-0.39, 0.29) is 17.6 Å². The average molecular weight is 364 g/mol. The Bertz CT molecular complexity index is 1020. The normalized spacial score (nSPS) is 13.6. The van der Waals surface area contributed by atoms with Crippen LogP contribution in [0.1, 0.15) is 50.8 Å². The molecule has 4 rings (SSSR count). The lowest BCUT2D eigenvalue weighted by Crippen LogP contribution is -2.26. The summed E-state index contributed by atoms with van der Waals surface area (Å²) in [5.74, 6) is 0.0635. The molecule has 1 aromatic carbocycles. The SMILES string of the molecule is Cc1cc(C)n2nc(C(=O)NCc3ccc(C(=O)NC4CC4)cc3)nc2n1. The molecule has 2 heterocycles. The summed E-state index contributed by atoms with van der Waals surface area (Å²) in [5, 5.41) is 9.96. The quantitative estimate of drug-likeness (QED) is 0.715. The van der Waals surface area contributed by atoms with Gasteiger partial charge in [0.2, 0.25) is 5.82 Å². The van der Waals surface area contributed by atoms with Crippen molar-refractivity contribution in [3.05, 3.63) is 58.7 Å². The van der Waals surface area contributed by atoms with Gasteiger partial charge in [0.05, 0.1) is 0 Å². The molecule has 1 saturated carbocycles. The highest BCUT2D eigenvalue weighted by Crippen LogP contribution is 2.19. The van der Waals surface area contributed by atoms with E-state index in [1.54, 1.807) is 16.6 Å². The van der Waals surface area contributed by atoms with Gasteiger partial charge in [-0.25, -0.2) is 9.50 Å². The molecular formula is C19H20N6O2. The fourth-order valence-corrected chi connectivity index (χ4v) is 2.79. The first kappa shape index (κ1) is 17.1. The predicted molar refractivity (Wildman–Crippen MR) is 98.4 cm³/mol. The van der Waals surface area contributed by atoms with E-state index in [0.717, 1.165) is 29.8 Å². The van der Waals surface area contributed by atoms with Gasteiger partial charge < -0.3 is 10.6 Å². The van der Waals surface area contributed by atoms with Gasteiger partial charge >= 0.3 is 0 Å². The van der Waals surface area contributed by atoms with Gasteiger partial charge in [0.25, 0.3) is 17.6 Å². The van der Waals surface area contributed by atoms with E-state index in [2.05, 4.69) is 25.7 Å². The molecule has 0 spiro atoms. The first-order valence-corrected chi connectivity index (χ1v) is 8.88. The van der Waals surface area contributed by atoms with E-state index in [1.807, 2.05) is 32.0 Å². The Balaban J connectivity index is 1.40. The number of rotatable bonds is 5. The number of amides is 2. The summed E-state index contributed by atoms with van der Waals surface area (Å²) in [6.07, 6.45) is 2.11. The molecule has 8 heteroatoms. The van der Waals surface area contributed by atoms with Crippen molar-refractivity contribution >= 4 is 17.6 Å². The monoisotopic (exact) mass is 364 g/mol. The molecule has 2 N–H and O–H groups in total. The molecule has 0 radical (unpaired) electrons. The Labute approximate surface area is 156 Å². The van der Waals surface area contributed by atoms with Gasteiger partial charge in [0.1, 0.15) is 0 Å². The Kier molecular flexibility index (Phi) is 4.31. The van der Waals surface area contributed by atoms with Gasteiger partial charge in [-0.2, -0.15) is 4.98 Å². The summed E-state index contributed by atoms with van der Waals surface area (Å²) in [5.41, 5.74) is 3.20. The third-order valence-corrected chi connectivity index (χ3v) is 4.40. The van der Waals surface area contributed by atoms with Crippen LogP contribution in [-0.2, 0) is 6.54 Å². The van der Waals surface area contributed by atoms with Crippen LogP contribution < -0.4 is 10.6 Å². The minimum atomic E-state index is -0.367. The van der Waals surface area contributed by atoms with E-state index in [1.165, 1.54) is 0 Å². The minimum Gasteiger partial charge on any atom is -0.349 e. The van der Waals surface area contributed by atoms with E-state index in [4.69, 9.17) is 0 Å². The number of nitrogens with one attached hydrogen (secondary N) is 2. The van der Waals surface area contributed by atoms with Crippen LogP contribution in [0.25, 0.3) is 5.78 Å². The van der Waals surface area contributed by atoms with Gasteiger partial charge in [0.15, 0.2) is 0 Å². The van der Waals surface area contributed by atoms with Crippen LogP contribution in [0.5, 0.6) is 0 Å². The second-order valence-electron chi connectivity index (χ2n) is 6.81. The van der Waals surface area contributed by atoms with Crippen molar-refractivity contribution in [3.8, 4) is 0 Å². The van der Waals surface area contributed by atoms with Crippen LogP contribution in [0.2, 0.25) is 0 Å². The number of hydrogen-bond acceptors (Lipinski definition) is 5. The van der Waals surface area contributed by atoms with Crippen LogP contribution in [0, 0.1) is 13.8 Å². The number of aryl methyl sites for hydroxylation is 2. The largest absolute Gasteiger partial charge is 0.349 e. The zero-order valence-corrected chi connectivity index (χ0v) is 15.2. The maximum Gasteiger partial charge on any atom is 0.291 e. The average Bonchev–Trinajstić information content (AvgIpc) is 3.35. The maximum absolute atomic E-state index is 12.3. The summed E-state index contributed by atoms with van der Waals surface area (Å²) in [6.45, 7) is 4.08. The highest BCUT2D eigenvalue weighted by molar-refractivity contribution is 5.94. The molecule has 0 atom stereocenters. The molecule has 0 bridgehead atoms. The number of carbonyl (C=O) groups is 2. The molecule has 3 aromatic rings. The van der Waals surface area contributed by atoms with Gasteiger partial charge in [-0.05, 0) is 50.5 Å². The van der Waals surface area contributed by atoms with E-state index >= 15 is 0 Å².